The minimum atomic E-state index is -4.41. The molecule has 3 aliphatic rings. The highest BCUT2D eigenvalue weighted by molar-refractivity contribution is 7.91. The molecular weight excluding hydrogens is 633 g/mol. The van der Waals surface area contributed by atoms with Gasteiger partial charge in [0, 0.05) is 12.5 Å². The maximum Gasteiger partial charge on any atom is 0.408 e. The number of anilines is 1. The lowest BCUT2D eigenvalue weighted by Gasteiger charge is -2.30. The van der Waals surface area contributed by atoms with Crippen LogP contribution >= 0.6 is 23.2 Å². The molecule has 1 aliphatic carbocycles. The van der Waals surface area contributed by atoms with Crippen molar-refractivity contribution >= 4 is 62.9 Å². The summed E-state index contributed by atoms with van der Waals surface area (Å²) in [4.78, 5) is 54.9. The van der Waals surface area contributed by atoms with E-state index in [1.807, 2.05) is 16.9 Å². The van der Waals surface area contributed by atoms with Crippen molar-refractivity contribution in [2.24, 2.45) is 5.92 Å². The van der Waals surface area contributed by atoms with Gasteiger partial charge in [-0.3, -0.25) is 19.1 Å². The van der Waals surface area contributed by atoms with Gasteiger partial charge in [-0.1, -0.05) is 48.2 Å². The van der Waals surface area contributed by atoms with Crippen molar-refractivity contribution in [2.45, 2.75) is 95.4 Å². The zero-order valence-electron chi connectivity index (χ0n) is 25.0. The normalized spacial score (nSPS) is 27.0. The van der Waals surface area contributed by atoms with Gasteiger partial charge in [-0.25, -0.2) is 9.52 Å². The minimum Gasteiger partial charge on any atom is -0.444 e. The molecule has 12 nitrogen and oxygen atoms in total. The second kappa shape index (κ2) is 13.5. The molecule has 4 atom stereocenters. The highest BCUT2D eigenvalue weighted by Gasteiger charge is 2.61. The second-order valence-electron chi connectivity index (χ2n) is 12.4. The van der Waals surface area contributed by atoms with Gasteiger partial charge in [0.15, 0.2) is 0 Å². The molecule has 242 valence electrons. The standard InChI is InChI=1S/C29H39Cl2N5O7S/c1-28(2,3)43-27(40)32-22-11-8-6-4-5-7-10-18-17-29(18,33-24(37)23-12-9-15-36(23)25(22)38)26(39)35-44(41,42)34-19-13-14-20(30)21(31)16-19/h7,10,13-14,16,18,22-23,34H,4-6,8-9,11-12,15,17H2,1-3H3,(H,32,40)(H,33,37)(H,35,39)/b10-7-/t18-,22+,23?,29-/m1/s1. The van der Waals surface area contributed by atoms with E-state index in [0.717, 1.165) is 12.8 Å². The predicted octanol–water partition coefficient (Wildman–Crippen LogP) is 4.05. The Kier molecular flexibility index (Phi) is 10.4. The van der Waals surface area contributed by atoms with E-state index in [4.69, 9.17) is 27.9 Å². The summed E-state index contributed by atoms with van der Waals surface area (Å²) in [7, 11) is -4.41. The smallest absolute Gasteiger partial charge is 0.408 e. The summed E-state index contributed by atoms with van der Waals surface area (Å²) in [6.07, 6.45) is 7.44. The number of benzene rings is 1. The quantitative estimate of drug-likeness (QED) is 0.343. The van der Waals surface area contributed by atoms with Crippen molar-refractivity contribution in [3.8, 4) is 0 Å². The van der Waals surface area contributed by atoms with Gasteiger partial charge in [0.1, 0.15) is 23.2 Å². The Morgan fingerprint density at radius 3 is 2.52 bits per heavy atom. The summed E-state index contributed by atoms with van der Waals surface area (Å²) in [6.45, 7) is 5.48. The molecule has 44 heavy (non-hydrogen) atoms. The second-order valence-corrected chi connectivity index (χ2v) is 14.6. The molecule has 1 saturated heterocycles. The maximum atomic E-state index is 13.7. The number of fused-ring (bicyclic) bond motifs is 2. The molecule has 0 aromatic heterocycles. The fraction of sp³-hybridized carbons (Fsp3) is 0.586. The summed E-state index contributed by atoms with van der Waals surface area (Å²) in [5.74, 6) is -2.31. The summed E-state index contributed by atoms with van der Waals surface area (Å²) in [6, 6.07) is 2.32. The molecule has 2 heterocycles. The number of nitrogens with one attached hydrogen (secondary N) is 4. The summed E-state index contributed by atoms with van der Waals surface area (Å²) < 4.78 is 35.4. The average molecular weight is 673 g/mol. The lowest BCUT2D eigenvalue weighted by atomic mass is 10.0. The van der Waals surface area contributed by atoms with Gasteiger partial charge in [0.25, 0.3) is 5.91 Å². The molecule has 0 bridgehead atoms. The number of amides is 4. The molecule has 1 saturated carbocycles. The number of allylic oxidation sites excluding steroid dienone is 1. The molecule has 15 heteroatoms. The van der Waals surface area contributed by atoms with Gasteiger partial charge < -0.3 is 20.3 Å². The van der Waals surface area contributed by atoms with E-state index < -0.39 is 63.2 Å². The molecule has 2 aliphatic heterocycles. The van der Waals surface area contributed by atoms with Gasteiger partial charge in [0.05, 0.1) is 15.7 Å². The van der Waals surface area contributed by atoms with Crippen molar-refractivity contribution < 1.29 is 32.3 Å². The van der Waals surface area contributed by atoms with Gasteiger partial charge in [-0.2, -0.15) is 8.42 Å². The highest BCUT2D eigenvalue weighted by atomic mass is 35.5. The molecule has 1 aromatic rings. The van der Waals surface area contributed by atoms with Crippen LogP contribution in [-0.4, -0.2) is 66.9 Å². The number of hydrogen-bond acceptors (Lipinski definition) is 7. The molecule has 4 N–H and O–H groups in total. The Labute approximate surface area is 267 Å². The van der Waals surface area contributed by atoms with Gasteiger partial charge in [0.2, 0.25) is 11.8 Å². The molecule has 0 radical (unpaired) electrons. The third-order valence-electron chi connectivity index (χ3n) is 7.72. The van der Waals surface area contributed by atoms with Crippen LogP contribution in [0.4, 0.5) is 10.5 Å². The number of carbonyl (C=O) groups is 4. The van der Waals surface area contributed by atoms with Crippen molar-refractivity contribution in [3.05, 3.63) is 40.4 Å². The van der Waals surface area contributed by atoms with Gasteiger partial charge in [-0.15, -0.1) is 0 Å². The fourth-order valence-electron chi connectivity index (χ4n) is 5.50. The first-order valence-corrected chi connectivity index (χ1v) is 16.9. The largest absolute Gasteiger partial charge is 0.444 e. The Morgan fingerprint density at radius 1 is 1.07 bits per heavy atom. The summed E-state index contributed by atoms with van der Waals surface area (Å²) in [5.41, 5.74) is -2.19. The van der Waals surface area contributed by atoms with E-state index >= 15 is 0 Å². The number of rotatable bonds is 5. The van der Waals surface area contributed by atoms with Gasteiger partial charge in [-0.05, 0) is 77.5 Å². The lowest BCUT2D eigenvalue weighted by molar-refractivity contribution is -0.141. The minimum absolute atomic E-state index is 0.0882. The molecule has 1 aromatic carbocycles. The van der Waals surface area contributed by atoms with Crippen molar-refractivity contribution in [2.75, 3.05) is 11.3 Å². The van der Waals surface area contributed by atoms with E-state index in [9.17, 15) is 27.6 Å². The monoisotopic (exact) mass is 671 g/mol. The van der Waals surface area contributed by atoms with E-state index in [1.54, 1.807) is 20.8 Å². The van der Waals surface area contributed by atoms with E-state index in [0.29, 0.717) is 38.6 Å². The van der Waals surface area contributed by atoms with E-state index in [1.165, 1.54) is 23.1 Å². The number of halogens is 2. The highest BCUT2D eigenvalue weighted by Crippen LogP contribution is 2.45. The van der Waals surface area contributed by atoms with Crippen LogP contribution in [0.15, 0.2) is 30.4 Å². The zero-order chi connectivity index (χ0) is 32.3. The summed E-state index contributed by atoms with van der Waals surface area (Å²) in [5, 5.41) is 5.82. The molecular formula is C29H39Cl2N5O7S. The average Bonchev–Trinajstić information content (AvgIpc) is 3.37. The van der Waals surface area contributed by atoms with Crippen molar-refractivity contribution in [1.29, 1.82) is 0 Å². The Balaban J connectivity index is 1.53. The SMILES string of the molecule is CC(C)(C)OC(=O)N[C@H]1CCCCC/C=C\[C@@H]2C[C@@]2(C(=O)NS(=O)(=O)Nc2ccc(Cl)c(Cl)c2)NC(=O)C2CCCN2C1=O. The van der Waals surface area contributed by atoms with Crippen LogP contribution in [0.5, 0.6) is 0 Å². The molecule has 0 spiro atoms. The first kappa shape index (κ1) is 33.9. The lowest BCUT2D eigenvalue weighted by Crippen LogP contribution is -2.58. The van der Waals surface area contributed by atoms with Crippen LogP contribution in [0.2, 0.25) is 10.0 Å². The number of ether oxygens (including phenoxy) is 1. The molecule has 4 rings (SSSR count). The van der Waals surface area contributed by atoms with Crippen LogP contribution in [0.25, 0.3) is 0 Å². The third kappa shape index (κ3) is 8.57. The van der Waals surface area contributed by atoms with Crippen LogP contribution in [0.1, 0.15) is 72.1 Å². The number of alkyl carbamates (subject to hydrolysis) is 1. The predicted molar refractivity (Wildman–Crippen MR) is 166 cm³/mol. The molecule has 2 fully saturated rings. The third-order valence-corrected chi connectivity index (χ3v) is 9.42. The van der Waals surface area contributed by atoms with Crippen molar-refractivity contribution in [1.82, 2.24) is 20.3 Å². The van der Waals surface area contributed by atoms with Crippen LogP contribution in [-0.2, 0) is 29.3 Å². The maximum absolute atomic E-state index is 13.7. The Morgan fingerprint density at radius 2 is 1.82 bits per heavy atom. The first-order valence-electron chi connectivity index (χ1n) is 14.7. The Hall–Kier alpha value is -3.03. The van der Waals surface area contributed by atoms with E-state index in [2.05, 4.69) is 15.4 Å². The summed E-state index contributed by atoms with van der Waals surface area (Å²) >= 11 is 11.9. The topological polar surface area (TPSA) is 163 Å². The van der Waals surface area contributed by atoms with Gasteiger partial charge >= 0.3 is 16.3 Å². The fourth-order valence-corrected chi connectivity index (χ4v) is 6.71. The van der Waals surface area contributed by atoms with E-state index in [-0.39, 0.29) is 22.2 Å². The Bertz CT molecular complexity index is 1430. The molecule has 4 amide bonds. The van der Waals surface area contributed by atoms with Crippen LogP contribution in [0.3, 0.4) is 0 Å². The molecule has 1 unspecified atom stereocenters. The number of hydrogen-bond donors (Lipinski definition) is 4. The zero-order valence-corrected chi connectivity index (χ0v) is 27.3. The van der Waals surface area contributed by atoms with Crippen molar-refractivity contribution in [3.63, 3.8) is 0 Å². The number of nitrogens with zero attached hydrogens (tertiary/aromatic N) is 1. The first-order chi connectivity index (χ1) is 20.6. The van der Waals surface area contributed by atoms with Crippen LogP contribution < -0.4 is 20.1 Å². The number of carbonyl (C=O) groups excluding carboxylic acids is 4. The van der Waals surface area contributed by atoms with Crippen LogP contribution in [0, 0.1) is 5.92 Å².